The lowest BCUT2D eigenvalue weighted by atomic mass is 9.77. The van der Waals surface area contributed by atoms with E-state index in [1.54, 1.807) is 40.0 Å². The Morgan fingerprint density at radius 3 is 2.60 bits per heavy atom. The molecule has 0 radical (unpaired) electrons. The number of halogens is 1. The molecule has 0 aliphatic heterocycles. The van der Waals surface area contributed by atoms with Gasteiger partial charge in [0.05, 0.1) is 16.2 Å². The highest BCUT2D eigenvalue weighted by Crippen LogP contribution is 2.26. The minimum atomic E-state index is -1.27. The SMILES string of the molecule is CC(C)(O)C(C)(C)OB(O)c1cnc2[nH]ccc2c1Cl. The van der Waals surface area contributed by atoms with Crippen molar-refractivity contribution < 1.29 is 14.8 Å². The van der Waals surface area contributed by atoms with Crippen LogP contribution < -0.4 is 5.46 Å². The van der Waals surface area contributed by atoms with Gasteiger partial charge in [-0.25, -0.2) is 4.98 Å². The van der Waals surface area contributed by atoms with Crippen LogP contribution in [0.25, 0.3) is 11.0 Å². The third-order valence-electron chi connectivity index (χ3n) is 3.69. The fourth-order valence-electron chi connectivity index (χ4n) is 1.65. The number of pyridine rings is 1. The summed E-state index contributed by atoms with van der Waals surface area (Å²) >= 11 is 6.26. The number of H-pyrrole nitrogens is 1. The normalized spacial score (nSPS) is 12.9. The molecule has 0 aliphatic carbocycles. The van der Waals surface area contributed by atoms with Crippen molar-refractivity contribution in [2.75, 3.05) is 0 Å². The molecule has 20 heavy (non-hydrogen) atoms. The van der Waals surface area contributed by atoms with Gasteiger partial charge in [0, 0.05) is 23.2 Å². The lowest BCUT2D eigenvalue weighted by molar-refractivity contribution is -0.0982. The maximum Gasteiger partial charge on any atom is 0.494 e. The maximum absolute atomic E-state index is 10.2. The second-order valence-corrected chi connectivity index (χ2v) is 6.18. The first-order valence-corrected chi connectivity index (χ1v) is 6.71. The highest BCUT2D eigenvalue weighted by molar-refractivity contribution is 6.64. The molecule has 0 bridgehead atoms. The van der Waals surface area contributed by atoms with E-state index in [-0.39, 0.29) is 0 Å². The van der Waals surface area contributed by atoms with Gasteiger partial charge >= 0.3 is 7.12 Å². The third-order valence-corrected chi connectivity index (χ3v) is 4.12. The Labute approximate surface area is 123 Å². The van der Waals surface area contributed by atoms with Crippen molar-refractivity contribution in [2.45, 2.75) is 38.9 Å². The number of fused-ring (bicyclic) bond motifs is 1. The van der Waals surface area contributed by atoms with Gasteiger partial charge in [-0.05, 0) is 33.8 Å². The van der Waals surface area contributed by atoms with Crippen molar-refractivity contribution in [3.05, 3.63) is 23.5 Å². The number of hydrogen-bond acceptors (Lipinski definition) is 4. The Morgan fingerprint density at radius 1 is 1.35 bits per heavy atom. The summed E-state index contributed by atoms with van der Waals surface area (Å²) in [6, 6.07) is 1.78. The Morgan fingerprint density at radius 2 is 2.00 bits per heavy atom. The number of rotatable bonds is 4. The molecule has 2 aromatic heterocycles. The highest BCUT2D eigenvalue weighted by atomic mass is 35.5. The summed E-state index contributed by atoms with van der Waals surface area (Å²) in [4.78, 5) is 7.11. The van der Waals surface area contributed by atoms with E-state index in [0.717, 1.165) is 0 Å². The van der Waals surface area contributed by atoms with E-state index < -0.39 is 18.3 Å². The third kappa shape index (κ3) is 2.69. The first-order valence-electron chi connectivity index (χ1n) is 6.33. The Kier molecular flexibility index (Phi) is 3.86. The van der Waals surface area contributed by atoms with E-state index >= 15 is 0 Å². The lowest BCUT2D eigenvalue weighted by Crippen LogP contribution is -2.53. The van der Waals surface area contributed by atoms with Gasteiger partial charge in [0.2, 0.25) is 0 Å². The van der Waals surface area contributed by atoms with E-state index in [0.29, 0.717) is 21.5 Å². The van der Waals surface area contributed by atoms with Crippen LogP contribution in [-0.2, 0) is 4.65 Å². The van der Waals surface area contributed by atoms with Crippen LogP contribution in [-0.4, -0.2) is 38.4 Å². The van der Waals surface area contributed by atoms with E-state index in [9.17, 15) is 10.1 Å². The average molecular weight is 297 g/mol. The maximum atomic E-state index is 10.2. The predicted molar refractivity (Wildman–Crippen MR) is 80.2 cm³/mol. The predicted octanol–water partition coefficient (Wildman–Crippen LogP) is 1.47. The molecule has 2 aromatic rings. The molecule has 7 heteroatoms. The molecule has 5 nitrogen and oxygen atoms in total. The fraction of sp³-hybridized carbons (Fsp3) is 0.462. The van der Waals surface area contributed by atoms with E-state index in [4.69, 9.17) is 16.3 Å². The van der Waals surface area contributed by atoms with Crippen molar-refractivity contribution in [3.63, 3.8) is 0 Å². The van der Waals surface area contributed by atoms with Gasteiger partial charge in [0.15, 0.2) is 0 Å². The molecule has 0 unspecified atom stereocenters. The number of aromatic amines is 1. The number of aliphatic hydroxyl groups is 1. The number of nitrogens with one attached hydrogen (secondary N) is 1. The minimum Gasteiger partial charge on any atom is -0.423 e. The molecule has 0 fully saturated rings. The van der Waals surface area contributed by atoms with Crippen LogP contribution in [0.4, 0.5) is 0 Å². The summed E-state index contributed by atoms with van der Waals surface area (Å²) in [5, 5.41) is 21.4. The quantitative estimate of drug-likeness (QED) is 0.747. The number of hydrogen-bond donors (Lipinski definition) is 3. The smallest absolute Gasteiger partial charge is 0.423 e. The molecular weight excluding hydrogens is 278 g/mol. The summed E-state index contributed by atoms with van der Waals surface area (Å²) in [6.07, 6.45) is 3.19. The summed E-state index contributed by atoms with van der Waals surface area (Å²) in [7, 11) is -1.27. The zero-order valence-corrected chi connectivity index (χ0v) is 12.7. The van der Waals surface area contributed by atoms with Gasteiger partial charge < -0.3 is 19.8 Å². The van der Waals surface area contributed by atoms with Crippen LogP contribution in [0.5, 0.6) is 0 Å². The molecule has 3 N–H and O–H groups in total. The van der Waals surface area contributed by atoms with Crippen LogP contribution in [0.2, 0.25) is 5.02 Å². The van der Waals surface area contributed by atoms with Crippen molar-refractivity contribution in [2.24, 2.45) is 0 Å². The van der Waals surface area contributed by atoms with E-state index in [2.05, 4.69) is 9.97 Å². The molecule has 108 valence electrons. The second-order valence-electron chi connectivity index (χ2n) is 5.81. The molecule has 0 spiro atoms. The van der Waals surface area contributed by atoms with Gasteiger partial charge in [-0.1, -0.05) is 11.6 Å². The zero-order chi connectivity index (χ0) is 15.1. The lowest BCUT2D eigenvalue weighted by Gasteiger charge is -2.38. The Hall–Kier alpha value is -1.08. The molecule has 2 rings (SSSR count). The largest absolute Gasteiger partial charge is 0.494 e. The van der Waals surface area contributed by atoms with Gasteiger partial charge in [-0.3, -0.25) is 0 Å². The van der Waals surface area contributed by atoms with Gasteiger partial charge in [-0.2, -0.15) is 0 Å². The van der Waals surface area contributed by atoms with Gasteiger partial charge in [0.25, 0.3) is 0 Å². The standard InChI is InChI=1S/C13H18BClN2O3/c1-12(2,18)13(3,4)20-14(19)9-7-17-11-8(10(9)15)5-6-16-11/h5-7,18-19H,1-4H3,(H,16,17). The van der Waals surface area contributed by atoms with Crippen LogP contribution in [0.3, 0.4) is 0 Å². The molecular formula is C13H18BClN2O3. The topological polar surface area (TPSA) is 78.4 Å². The summed E-state index contributed by atoms with van der Waals surface area (Å²) in [5.41, 5.74) is -1.06. The Balaban J connectivity index is 2.32. The van der Waals surface area contributed by atoms with Crippen molar-refractivity contribution >= 4 is 35.2 Å². The van der Waals surface area contributed by atoms with Gasteiger partial charge in [-0.15, -0.1) is 0 Å². The Bertz CT molecular complexity index is 622. The molecule has 0 atom stereocenters. The summed E-state index contributed by atoms with van der Waals surface area (Å²) in [5.74, 6) is 0. The van der Waals surface area contributed by atoms with Crippen molar-refractivity contribution in [1.82, 2.24) is 9.97 Å². The molecule has 0 aromatic carbocycles. The zero-order valence-electron chi connectivity index (χ0n) is 11.9. The monoisotopic (exact) mass is 296 g/mol. The highest BCUT2D eigenvalue weighted by Gasteiger charge is 2.40. The van der Waals surface area contributed by atoms with Crippen LogP contribution in [0, 0.1) is 0 Å². The fourth-order valence-corrected chi connectivity index (χ4v) is 1.94. The molecule has 0 amide bonds. The summed E-state index contributed by atoms with van der Waals surface area (Å²) < 4.78 is 5.57. The van der Waals surface area contributed by atoms with Crippen LogP contribution in [0.15, 0.2) is 18.5 Å². The molecule has 0 saturated carbocycles. The van der Waals surface area contributed by atoms with E-state index in [1.165, 1.54) is 6.20 Å². The minimum absolute atomic E-state index is 0.371. The van der Waals surface area contributed by atoms with Crippen LogP contribution >= 0.6 is 11.6 Å². The summed E-state index contributed by atoms with van der Waals surface area (Å²) in [6.45, 7) is 6.64. The number of nitrogens with zero attached hydrogens (tertiary/aromatic N) is 1. The number of aromatic nitrogens is 2. The molecule has 2 heterocycles. The molecule has 0 saturated heterocycles. The van der Waals surface area contributed by atoms with E-state index in [1.807, 2.05) is 0 Å². The van der Waals surface area contributed by atoms with Crippen molar-refractivity contribution in [3.8, 4) is 0 Å². The van der Waals surface area contributed by atoms with Crippen molar-refractivity contribution in [1.29, 1.82) is 0 Å². The van der Waals surface area contributed by atoms with Crippen LogP contribution in [0.1, 0.15) is 27.7 Å². The second kappa shape index (κ2) is 5.04. The first kappa shape index (κ1) is 15.3. The molecule has 0 aliphatic rings. The van der Waals surface area contributed by atoms with Gasteiger partial charge in [0.1, 0.15) is 5.65 Å². The average Bonchev–Trinajstić information content (AvgIpc) is 2.75. The first-order chi connectivity index (χ1) is 9.13.